The van der Waals surface area contributed by atoms with Gasteiger partial charge in [0, 0.05) is 13.0 Å². The van der Waals surface area contributed by atoms with Gasteiger partial charge in [-0.1, -0.05) is 38.7 Å². The third-order valence-electron chi connectivity index (χ3n) is 6.10. The molecule has 30 heavy (non-hydrogen) atoms. The lowest BCUT2D eigenvalue weighted by atomic mass is 9.98. The second kappa shape index (κ2) is 12.2. The van der Waals surface area contributed by atoms with E-state index in [1.807, 2.05) is 18.2 Å². The highest BCUT2D eigenvalue weighted by molar-refractivity contribution is 5.76. The predicted molar refractivity (Wildman–Crippen MR) is 118 cm³/mol. The fourth-order valence-corrected chi connectivity index (χ4v) is 4.28. The molecule has 1 saturated heterocycles. The number of carbonyl (C=O) groups excluding carboxylic acids is 1. The molecule has 2 N–H and O–H groups in total. The van der Waals surface area contributed by atoms with Crippen LogP contribution in [-0.4, -0.2) is 54.8 Å². The van der Waals surface area contributed by atoms with E-state index >= 15 is 0 Å². The van der Waals surface area contributed by atoms with E-state index in [4.69, 9.17) is 9.47 Å². The standard InChI is InChI=1S/C24H38N2O4/c1-2-3-4-5-6-9-23(27)25-20(12-15-26-13-7-8-14-26)24(28)19-10-11-21-22(18-19)30-17-16-29-21/h10-11,18,20,24,28H,2-9,12-17H2,1H3,(H,25,27). The van der Waals surface area contributed by atoms with Crippen molar-refractivity contribution < 1.29 is 19.4 Å². The molecular formula is C24H38N2O4. The number of fused-ring (bicyclic) bond motifs is 1. The Labute approximate surface area is 180 Å². The van der Waals surface area contributed by atoms with Gasteiger partial charge in [-0.3, -0.25) is 4.79 Å². The Kier molecular flexibility index (Phi) is 9.27. The average molecular weight is 419 g/mol. The van der Waals surface area contributed by atoms with Crippen molar-refractivity contribution in [3.8, 4) is 11.5 Å². The maximum atomic E-state index is 12.6. The number of unbranched alkanes of at least 4 members (excludes halogenated alkanes) is 4. The number of ether oxygens (including phenoxy) is 2. The van der Waals surface area contributed by atoms with Crippen LogP contribution in [0.2, 0.25) is 0 Å². The largest absolute Gasteiger partial charge is 0.486 e. The molecule has 1 aromatic carbocycles. The molecule has 2 aliphatic rings. The van der Waals surface area contributed by atoms with Gasteiger partial charge in [0.1, 0.15) is 13.2 Å². The van der Waals surface area contributed by atoms with E-state index in [-0.39, 0.29) is 11.9 Å². The summed E-state index contributed by atoms with van der Waals surface area (Å²) in [7, 11) is 0. The third-order valence-corrected chi connectivity index (χ3v) is 6.10. The zero-order chi connectivity index (χ0) is 21.2. The quantitative estimate of drug-likeness (QED) is 0.505. The SMILES string of the molecule is CCCCCCCC(=O)NC(CCN1CCCC1)C(O)c1ccc2c(c1)OCCO2. The number of hydrogen-bond acceptors (Lipinski definition) is 5. The first-order chi connectivity index (χ1) is 14.7. The van der Waals surface area contributed by atoms with Crippen LogP contribution in [0.3, 0.4) is 0 Å². The van der Waals surface area contributed by atoms with Crippen LogP contribution in [0.4, 0.5) is 0 Å². The van der Waals surface area contributed by atoms with Crippen molar-refractivity contribution in [2.75, 3.05) is 32.8 Å². The molecule has 0 saturated carbocycles. The summed E-state index contributed by atoms with van der Waals surface area (Å²) >= 11 is 0. The van der Waals surface area contributed by atoms with Crippen LogP contribution >= 0.6 is 0 Å². The van der Waals surface area contributed by atoms with E-state index in [1.165, 1.54) is 32.1 Å². The molecule has 6 heteroatoms. The Morgan fingerprint density at radius 1 is 1.10 bits per heavy atom. The first kappa shape index (κ1) is 22.9. The number of carbonyl (C=O) groups is 1. The van der Waals surface area contributed by atoms with Gasteiger partial charge in [-0.05, 0) is 56.5 Å². The maximum absolute atomic E-state index is 12.6. The van der Waals surface area contributed by atoms with Crippen LogP contribution in [0.15, 0.2) is 18.2 Å². The molecule has 2 heterocycles. The van der Waals surface area contributed by atoms with Gasteiger partial charge in [0.2, 0.25) is 5.91 Å². The summed E-state index contributed by atoms with van der Waals surface area (Å²) in [4.78, 5) is 15.0. The van der Waals surface area contributed by atoms with Gasteiger partial charge in [-0.15, -0.1) is 0 Å². The first-order valence-electron chi connectivity index (χ1n) is 11.8. The number of amides is 1. The highest BCUT2D eigenvalue weighted by Gasteiger charge is 2.26. The number of benzene rings is 1. The number of hydrogen-bond donors (Lipinski definition) is 2. The number of rotatable bonds is 12. The summed E-state index contributed by atoms with van der Waals surface area (Å²) < 4.78 is 11.3. The van der Waals surface area contributed by atoms with E-state index in [0.717, 1.165) is 44.5 Å². The number of aliphatic hydroxyl groups is 1. The summed E-state index contributed by atoms with van der Waals surface area (Å²) in [6.45, 7) is 6.36. The highest BCUT2D eigenvalue weighted by Crippen LogP contribution is 2.33. The van der Waals surface area contributed by atoms with Crippen LogP contribution in [0.25, 0.3) is 0 Å². The Morgan fingerprint density at radius 3 is 2.60 bits per heavy atom. The summed E-state index contributed by atoms with van der Waals surface area (Å²) in [5, 5.41) is 14.2. The Balaban J connectivity index is 1.59. The van der Waals surface area contributed by atoms with Crippen molar-refractivity contribution >= 4 is 5.91 Å². The Morgan fingerprint density at radius 2 is 1.83 bits per heavy atom. The lowest BCUT2D eigenvalue weighted by Gasteiger charge is -2.28. The molecule has 0 radical (unpaired) electrons. The summed E-state index contributed by atoms with van der Waals surface area (Å²) in [5.74, 6) is 1.41. The normalized spacial score (nSPS) is 18.2. The van der Waals surface area contributed by atoms with Crippen LogP contribution < -0.4 is 14.8 Å². The number of likely N-dealkylation sites (tertiary alicyclic amines) is 1. The molecule has 1 fully saturated rings. The van der Waals surface area contributed by atoms with E-state index in [9.17, 15) is 9.90 Å². The topological polar surface area (TPSA) is 71.0 Å². The molecule has 1 aromatic rings. The molecule has 2 aliphatic heterocycles. The van der Waals surface area contributed by atoms with Gasteiger partial charge < -0.3 is 24.8 Å². The fourth-order valence-electron chi connectivity index (χ4n) is 4.28. The van der Waals surface area contributed by atoms with E-state index in [2.05, 4.69) is 17.1 Å². The van der Waals surface area contributed by atoms with E-state index in [0.29, 0.717) is 31.1 Å². The molecule has 2 unspecified atom stereocenters. The molecular weight excluding hydrogens is 380 g/mol. The fraction of sp³-hybridized carbons (Fsp3) is 0.708. The number of nitrogens with one attached hydrogen (secondary N) is 1. The second-order valence-electron chi connectivity index (χ2n) is 8.52. The van der Waals surface area contributed by atoms with Crippen molar-refractivity contribution in [2.45, 2.75) is 76.9 Å². The Hall–Kier alpha value is -1.79. The second-order valence-corrected chi connectivity index (χ2v) is 8.52. The number of nitrogens with zero attached hydrogens (tertiary/aromatic N) is 1. The lowest BCUT2D eigenvalue weighted by molar-refractivity contribution is -0.122. The molecule has 1 amide bonds. The maximum Gasteiger partial charge on any atom is 0.220 e. The molecule has 0 aromatic heterocycles. The van der Waals surface area contributed by atoms with Crippen molar-refractivity contribution in [2.24, 2.45) is 0 Å². The van der Waals surface area contributed by atoms with Crippen LogP contribution in [0.5, 0.6) is 11.5 Å². The van der Waals surface area contributed by atoms with Gasteiger partial charge >= 0.3 is 0 Å². The zero-order valence-corrected chi connectivity index (χ0v) is 18.4. The summed E-state index contributed by atoms with van der Waals surface area (Å²) in [5.41, 5.74) is 0.758. The van der Waals surface area contributed by atoms with Crippen molar-refractivity contribution in [1.82, 2.24) is 10.2 Å². The molecule has 168 valence electrons. The predicted octanol–water partition coefficient (Wildman–Crippen LogP) is 3.82. The van der Waals surface area contributed by atoms with Crippen molar-refractivity contribution in [3.63, 3.8) is 0 Å². The molecule has 6 nitrogen and oxygen atoms in total. The van der Waals surface area contributed by atoms with E-state index in [1.54, 1.807) is 0 Å². The Bertz CT molecular complexity index is 661. The highest BCUT2D eigenvalue weighted by atomic mass is 16.6. The average Bonchev–Trinajstić information content (AvgIpc) is 3.29. The van der Waals surface area contributed by atoms with Crippen LogP contribution in [0, 0.1) is 0 Å². The van der Waals surface area contributed by atoms with Gasteiger partial charge in [-0.2, -0.15) is 0 Å². The molecule has 0 spiro atoms. The van der Waals surface area contributed by atoms with Crippen LogP contribution in [-0.2, 0) is 4.79 Å². The first-order valence-corrected chi connectivity index (χ1v) is 11.8. The monoisotopic (exact) mass is 418 g/mol. The molecule has 3 rings (SSSR count). The van der Waals surface area contributed by atoms with Crippen molar-refractivity contribution in [3.05, 3.63) is 23.8 Å². The minimum Gasteiger partial charge on any atom is -0.486 e. The van der Waals surface area contributed by atoms with Gasteiger partial charge in [-0.25, -0.2) is 0 Å². The van der Waals surface area contributed by atoms with Gasteiger partial charge in [0.05, 0.1) is 12.1 Å². The molecule has 0 bridgehead atoms. The minimum atomic E-state index is -0.771. The third kappa shape index (κ3) is 6.88. The van der Waals surface area contributed by atoms with E-state index < -0.39 is 6.10 Å². The van der Waals surface area contributed by atoms with Crippen molar-refractivity contribution in [1.29, 1.82) is 0 Å². The molecule has 0 aliphatic carbocycles. The van der Waals surface area contributed by atoms with Gasteiger partial charge in [0.15, 0.2) is 11.5 Å². The number of aliphatic hydroxyl groups excluding tert-OH is 1. The zero-order valence-electron chi connectivity index (χ0n) is 18.4. The summed E-state index contributed by atoms with van der Waals surface area (Å²) in [6.07, 6.45) is 8.56. The lowest BCUT2D eigenvalue weighted by Crippen LogP contribution is -2.41. The minimum absolute atomic E-state index is 0.0366. The summed E-state index contributed by atoms with van der Waals surface area (Å²) in [6, 6.07) is 5.26. The molecule has 2 atom stereocenters. The van der Waals surface area contributed by atoms with Gasteiger partial charge in [0.25, 0.3) is 0 Å². The smallest absolute Gasteiger partial charge is 0.220 e. The van der Waals surface area contributed by atoms with Crippen LogP contribution in [0.1, 0.15) is 76.4 Å².